The Hall–Kier alpha value is -0.440. The number of ether oxygens (including phenoxy) is 2. The van der Waals surface area contributed by atoms with Crippen LogP contribution in [0.4, 0.5) is 0 Å². The van der Waals surface area contributed by atoms with Crippen molar-refractivity contribution in [1.82, 2.24) is 5.32 Å². The van der Waals surface area contributed by atoms with E-state index in [1.807, 2.05) is 0 Å². The number of nitrogens with one attached hydrogen (secondary N) is 1. The Kier molecular flexibility index (Phi) is 6.27. The first kappa shape index (κ1) is 15.6. The molecule has 0 saturated carbocycles. The number of halogens is 1. The molecule has 4 N–H and O–H groups in total. The Balaban J connectivity index is 2.76. The topological polar surface area (TPSA) is 108 Å². The van der Waals surface area contributed by atoms with Crippen LogP contribution in [0.5, 0.6) is 0 Å². The van der Waals surface area contributed by atoms with Crippen molar-refractivity contribution in [3.05, 3.63) is 0 Å². The van der Waals surface area contributed by atoms with E-state index in [1.165, 1.54) is 6.92 Å². The van der Waals surface area contributed by atoms with Gasteiger partial charge in [-0.05, 0) is 0 Å². The zero-order chi connectivity index (χ0) is 13.7. The highest BCUT2D eigenvalue weighted by molar-refractivity contribution is 6.17. The van der Waals surface area contributed by atoms with E-state index in [-0.39, 0.29) is 12.5 Å². The van der Waals surface area contributed by atoms with Crippen LogP contribution < -0.4 is 5.32 Å². The van der Waals surface area contributed by atoms with Gasteiger partial charge in [-0.2, -0.15) is 0 Å². The van der Waals surface area contributed by atoms with Crippen LogP contribution >= 0.6 is 11.6 Å². The van der Waals surface area contributed by atoms with E-state index < -0.39 is 43.2 Å². The first-order valence-corrected chi connectivity index (χ1v) is 6.11. The molecule has 1 rings (SSSR count). The second kappa shape index (κ2) is 7.22. The van der Waals surface area contributed by atoms with Gasteiger partial charge in [0.25, 0.3) is 0 Å². The molecule has 0 bridgehead atoms. The Morgan fingerprint density at radius 3 is 2.61 bits per heavy atom. The van der Waals surface area contributed by atoms with Crippen molar-refractivity contribution in [3.8, 4) is 0 Å². The summed E-state index contributed by atoms with van der Waals surface area (Å²) in [6, 6.07) is -0.913. The second-order valence-electron chi connectivity index (χ2n) is 3.99. The van der Waals surface area contributed by atoms with Crippen LogP contribution in [0.2, 0.25) is 0 Å². The van der Waals surface area contributed by atoms with Gasteiger partial charge >= 0.3 is 0 Å². The predicted molar refractivity (Wildman–Crippen MR) is 62.0 cm³/mol. The highest BCUT2D eigenvalue weighted by Crippen LogP contribution is 2.22. The highest BCUT2D eigenvalue weighted by Gasteiger charge is 2.45. The summed E-state index contributed by atoms with van der Waals surface area (Å²) in [7, 11) is 0. The number of carbonyl (C=O) groups excluding carboxylic acids is 1. The van der Waals surface area contributed by atoms with Crippen molar-refractivity contribution in [2.75, 3.05) is 19.1 Å². The molecule has 0 aromatic carbocycles. The lowest BCUT2D eigenvalue weighted by Crippen LogP contribution is -2.64. The average molecular weight is 284 g/mol. The fraction of sp³-hybridized carbons (Fsp3) is 0.900. The van der Waals surface area contributed by atoms with Crippen LogP contribution in [0.3, 0.4) is 0 Å². The average Bonchev–Trinajstić information content (AvgIpc) is 2.33. The highest BCUT2D eigenvalue weighted by atomic mass is 35.5. The van der Waals surface area contributed by atoms with E-state index >= 15 is 0 Å². The molecular weight excluding hydrogens is 266 g/mol. The largest absolute Gasteiger partial charge is 0.394 e. The van der Waals surface area contributed by atoms with Crippen LogP contribution in [0.25, 0.3) is 0 Å². The van der Waals surface area contributed by atoms with Gasteiger partial charge in [0.1, 0.15) is 24.4 Å². The smallest absolute Gasteiger partial charge is 0.217 e. The van der Waals surface area contributed by atoms with Crippen molar-refractivity contribution in [3.63, 3.8) is 0 Å². The molecule has 1 amide bonds. The van der Waals surface area contributed by atoms with Crippen molar-refractivity contribution in [2.24, 2.45) is 0 Å². The molecule has 0 aromatic heterocycles. The van der Waals surface area contributed by atoms with Crippen molar-refractivity contribution < 1.29 is 29.6 Å². The lowest BCUT2D eigenvalue weighted by Gasteiger charge is -2.42. The molecule has 1 aliphatic heterocycles. The molecule has 0 aliphatic carbocycles. The van der Waals surface area contributed by atoms with Gasteiger partial charge in [0.15, 0.2) is 6.29 Å². The van der Waals surface area contributed by atoms with Gasteiger partial charge in [-0.3, -0.25) is 4.79 Å². The predicted octanol–water partition coefficient (Wildman–Crippen LogP) is -1.81. The maximum Gasteiger partial charge on any atom is 0.217 e. The SMILES string of the molecule is CC(=O)N[C@H]1[C@@H](OCCCl)O[C@H](CO)[C@H](O)[C@@H]1O. The summed E-state index contributed by atoms with van der Waals surface area (Å²) in [5.41, 5.74) is 0. The van der Waals surface area contributed by atoms with Gasteiger partial charge in [0.2, 0.25) is 5.91 Å². The van der Waals surface area contributed by atoms with E-state index in [0.717, 1.165) is 0 Å². The van der Waals surface area contributed by atoms with E-state index in [0.29, 0.717) is 0 Å². The molecular formula is C10H18ClNO6. The summed E-state index contributed by atoms with van der Waals surface area (Å²) in [5, 5.41) is 31.1. The van der Waals surface area contributed by atoms with E-state index in [9.17, 15) is 15.0 Å². The molecule has 0 aromatic rings. The minimum Gasteiger partial charge on any atom is -0.394 e. The van der Waals surface area contributed by atoms with Crippen LogP contribution in [0.15, 0.2) is 0 Å². The number of alkyl halides is 1. The molecule has 1 heterocycles. The maximum atomic E-state index is 11.0. The number of aliphatic hydroxyl groups excluding tert-OH is 3. The summed E-state index contributed by atoms with van der Waals surface area (Å²) >= 11 is 5.48. The lowest BCUT2D eigenvalue weighted by molar-refractivity contribution is -0.268. The molecule has 106 valence electrons. The maximum absolute atomic E-state index is 11.0. The summed E-state index contributed by atoms with van der Waals surface area (Å²) < 4.78 is 10.5. The monoisotopic (exact) mass is 283 g/mol. The van der Waals surface area contributed by atoms with Gasteiger partial charge in [0, 0.05) is 12.8 Å². The van der Waals surface area contributed by atoms with Crippen LogP contribution in [0.1, 0.15) is 6.92 Å². The first-order valence-electron chi connectivity index (χ1n) is 5.58. The summed E-state index contributed by atoms with van der Waals surface area (Å²) in [5.74, 6) is -0.175. The fourth-order valence-electron chi connectivity index (χ4n) is 1.77. The third-order valence-electron chi connectivity index (χ3n) is 2.61. The Morgan fingerprint density at radius 1 is 1.44 bits per heavy atom. The van der Waals surface area contributed by atoms with E-state index in [2.05, 4.69) is 5.32 Å². The van der Waals surface area contributed by atoms with Gasteiger partial charge in [-0.15, -0.1) is 11.6 Å². The summed E-state index contributed by atoms with van der Waals surface area (Å²) in [6.45, 7) is 0.963. The zero-order valence-corrected chi connectivity index (χ0v) is 10.7. The Labute approximate surface area is 110 Å². The van der Waals surface area contributed by atoms with Gasteiger partial charge in [-0.25, -0.2) is 0 Å². The number of amides is 1. The van der Waals surface area contributed by atoms with Crippen molar-refractivity contribution in [2.45, 2.75) is 37.6 Å². The van der Waals surface area contributed by atoms with Crippen LogP contribution in [-0.2, 0) is 14.3 Å². The van der Waals surface area contributed by atoms with Gasteiger partial charge in [0.05, 0.1) is 13.2 Å². The third-order valence-corrected chi connectivity index (χ3v) is 2.76. The first-order chi connectivity index (χ1) is 8.51. The standard InChI is InChI=1S/C10H18ClNO6/c1-5(14)12-7-9(16)8(15)6(4-13)18-10(7)17-3-2-11/h6-10,13,15-16H,2-4H2,1H3,(H,12,14)/t6-,7-,8+,9-,10+/m1/s1. The minimum absolute atomic E-state index is 0.156. The van der Waals surface area contributed by atoms with Crippen LogP contribution in [-0.4, -0.2) is 71.0 Å². The number of rotatable bonds is 5. The second-order valence-corrected chi connectivity index (χ2v) is 4.37. The number of aliphatic hydroxyl groups is 3. The fourth-order valence-corrected chi connectivity index (χ4v) is 1.86. The van der Waals surface area contributed by atoms with Crippen molar-refractivity contribution >= 4 is 17.5 Å². The van der Waals surface area contributed by atoms with Crippen molar-refractivity contribution in [1.29, 1.82) is 0 Å². The summed E-state index contributed by atoms with van der Waals surface area (Å²) in [4.78, 5) is 11.0. The summed E-state index contributed by atoms with van der Waals surface area (Å²) in [6.07, 6.45) is -4.53. The quantitative estimate of drug-likeness (QED) is 0.443. The number of hydrogen-bond acceptors (Lipinski definition) is 6. The number of carbonyl (C=O) groups is 1. The third kappa shape index (κ3) is 3.78. The molecule has 0 unspecified atom stereocenters. The molecule has 0 radical (unpaired) electrons. The van der Waals surface area contributed by atoms with Gasteiger partial charge in [-0.1, -0.05) is 0 Å². The Morgan fingerprint density at radius 2 is 2.11 bits per heavy atom. The zero-order valence-electron chi connectivity index (χ0n) is 9.95. The molecule has 1 fully saturated rings. The molecule has 8 heteroatoms. The van der Waals surface area contributed by atoms with E-state index in [1.54, 1.807) is 0 Å². The Bertz CT molecular complexity index is 279. The van der Waals surface area contributed by atoms with Crippen LogP contribution in [0, 0.1) is 0 Å². The molecule has 18 heavy (non-hydrogen) atoms. The molecule has 7 nitrogen and oxygen atoms in total. The van der Waals surface area contributed by atoms with Gasteiger partial charge < -0.3 is 30.1 Å². The molecule has 0 spiro atoms. The molecule has 1 aliphatic rings. The van der Waals surface area contributed by atoms with E-state index in [4.69, 9.17) is 26.2 Å². The normalized spacial score (nSPS) is 36.4. The number of hydrogen-bond donors (Lipinski definition) is 4. The lowest BCUT2D eigenvalue weighted by atomic mass is 9.97. The molecule has 1 saturated heterocycles. The molecule has 5 atom stereocenters. The minimum atomic E-state index is -1.30.